The lowest BCUT2D eigenvalue weighted by Crippen LogP contribution is -2.53. The molecule has 0 saturated heterocycles. The van der Waals surface area contributed by atoms with E-state index in [0.717, 1.165) is 17.3 Å². The molecule has 0 unspecified atom stereocenters. The van der Waals surface area contributed by atoms with Gasteiger partial charge < -0.3 is 10.8 Å². The lowest BCUT2D eigenvalue weighted by atomic mass is 9.65. The number of carbonyl (C=O) groups is 2. The van der Waals surface area contributed by atoms with E-state index in [1.54, 1.807) is 18.3 Å². The fourth-order valence-corrected chi connectivity index (χ4v) is 5.09. The second kappa shape index (κ2) is 4.19. The molecular weight excluding hydrogens is 348 g/mol. The number of amides is 1. The number of nitrogens with zero attached hydrogens (tertiary/aromatic N) is 1. The van der Waals surface area contributed by atoms with E-state index in [1.807, 2.05) is 12.2 Å². The number of carbonyl (C=O) groups excluding carboxylic acids is 1. The Morgan fingerprint density at radius 3 is 2.55 bits per heavy atom. The molecule has 2 saturated carbocycles. The standard InChI is InChI=1S/C16H15BrN2O3/c17-8-1-4-11(19-7-8)16(14(18)22)10-3-2-9(12(16)13(20)21)15(10)5-6-15/h1-4,7,9-10,12H,5-6H2,(H2,18,22)(H,20,21)/t9-,10+,12+,16+/m1/s1. The van der Waals surface area contributed by atoms with E-state index in [1.165, 1.54) is 0 Å². The summed E-state index contributed by atoms with van der Waals surface area (Å²) in [5.74, 6) is -2.69. The molecule has 0 radical (unpaired) electrons. The number of carboxylic acid groups (broad SMARTS) is 1. The first kappa shape index (κ1) is 13.9. The Balaban J connectivity index is 1.98. The van der Waals surface area contributed by atoms with Crippen LogP contribution >= 0.6 is 15.9 Å². The third-order valence-corrected chi connectivity index (χ3v) is 6.26. The van der Waals surface area contributed by atoms with Gasteiger partial charge in [0.15, 0.2) is 0 Å². The Morgan fingerprint density at radius 1 is 1.32 bits per heavy atom. The van der Waals surface area contributed by atoms with Crippen molar-refractivity contribution < 1.29 is 14.7 Å². The molecule has 0 aliphatic heterocycles. The van der Waals surface area contributed by atoms with E-state index >= 15 is 0 Å². The monoisotopic (exact) mass is 362 g/mol. The molecule has 6 heteroatoms. The molecule has 4 atom stereocenters. The zero-order valence-electron chi connectivity index (χ0n) is 11.7. The highest BCUT2D eigenvalue weighted by Crippen LogP contribution is 2.75. The average Bonchev–Trinajstić information content (AvgIpc) is 3.13. The van der Waals surface area contributed by atoms with Crippen LogP contribution in [0.1, 0.15) is 18.5 Å². The molecule has 3 aliphatic rings. The van der Waals surface area contributed by atoms with Crippen molar-refractivity contribution in [3.63, 3.8) is 0 Å². The molecule has 3 aliphatic carbocycles. The quantitative estimate of drug-likeness (QED) is 0.802. The number of pyridine rings is 1. The summed E-state index contributed by atoms with van der Waals surface area (Å²) >= 11 is 3.32. The van der Waals surface area contributed by atoms with Crippen molar-refractivity contribution >= 4 is 27.8 Å². The summed E-state index contributed by atoms with van der Waals surface area (Å²) in [5.41, 5.74) is 4.90. The fraction of sp³-hybridized carbons (Fsp3) is 0.438. The predicted octanol–water partition coefficient (Wildman–Crippen LogP) is 1.86. The van der Waals surface area contributed by atoms with Gasteiger partial charge in [0.1, 0.15) is 5.41 Å². The van der Waals surface area contributed by atoms with E-state index < -0.39 is 23.2 Å². The van der Waals surface area contributed by atoms with Gasteiger partial charge in [-0.2, -0.15) is 0 Å². The van der Waals surface area contributed by atoms with Gasteiger partial charge in [0.2, 0.25) is 5.91 Å². The first-order chi connectivity index (χ1) is 10.4. The van der Waals surface area contributed by atoms with Gasteiger partial charge in [0.25, 0.3) is 0 Å². The number of hydrogen-bond acceptors (Lipinski definition) is 3. The predicted molar refractivity (Wildman–Crippen MR) is 81.7 cm³/mol. The zero-order valence-corrected chi connectivity index (χ0v) is 13.3. The average molecular weight is 363 g/mol. The highest BCUT2D eigenvalue weighted by molar-refractivity contribution is 9.10. The number of primary amides is 1. The van der Waals surface area contributed by atoms with Gasteiger partial charge >= 0.3 is 5.97 Å². The molecule has 0 aromatic carbocycles. The Hall–Kier alpha value is -1.69. The van der Waals surface area contributed by atoms with Crippen molar-refractivity contribution in [2.24, 2.45) is 28.9 Å². The largest absolute Gasteiger partial charge is 0.481 e. The van der Waals surface area contributed by atoms with Gasteiger partial charge in [-0.1, -0.05) is 12.2 Å². The first-order valence-corrected chi connectivity index (χ1v) is 8.07. The van der Waals surface area contributed by atoms with Crippen LogP contribution in [0.3, 0.4) is 0 Å². The summed E-state index contributed by atoms with van der Waals surface area (Å²) in [4.78, 5) is 28.8. The molecule has 22 heavy (non-hydrogen) atoms. The molecule has 2 fully saturated rings. The molecule has 1 aromatic rings. The molecule has 3 N–H and O–H groups in total. The normalized spacial score (nSPS) is 36.7. The van der Waals surface area contributed by atoms with Gasteiger partial charge in [-0.25, -0.2) is 0 Å². The number of aliphatic carboxylic acids is 1. The number of hydrogen-bond donors (Lipinski definition) is 2. The third-order valence-electron chi connectivity index (χ3n) is 5.79. The fourth-order valence-electron chi connectivity index (χ4n) is 4.86. The summed E-state index contributed by atoms with van der Waals surface area (Å²) in [5, 5.41) is 9.82. The van der Waals surface area contributed by atoms with Crippen molar-refractivity contribution in [1.82, 2.24) is 4.98 Å². The SMILES string of the molecule is NC(=O)[C@@]1(c2ccc(Br)cn2)[C@H](C(=O)O)[C@H]2C=C[C@H]1C21CC1. The van der Waals surface area contributed by atoms with Crippen molar-refractivity contribution in [1.29, 1.82) is 0 Å². The summed E-state index contributed by atoms with van der Waals surface area (Å²) in [6.45, 7) is 0. The molecule has 2 bridgehead atoms. The van der Waals surface area contributed by atoms with Crippen LogP contribution < -0.4 is 5.73 Å². The van der Waals surface area contributed by atoms with Crippen LogP contribution in [0.25, 0.3) is 0 Å². The zero-order chi connectivity index (χ0) is 15.7. The van der Waals surface area contributed by atoms with Crippen molar-refractivity contribution in [2.45, 2.75) is 18.3 Å². The number of rotatable bonds is 3. The highest BCUT2D eigenvalue weighted by atomic mass is 79.9. The summed E-state index contributed by atoms with van der Waals surface area (Å²) in [7, 11) is 0. The van der Waals surface area contributed by atoms with E-state index in [2.05, 4.69) is 20.9 Å². The molecule has 1 heterocycles. The third kappa shape index (κ3) is 1.41. The highest BCUT2D eigenvalue weighted by Gasteiger charge is 2.77. The van der Waals surface area contributed by atoms with Gasteiger partial charge in [-0.05, 0) is 52.2 Å². The van der Waals surface area contributed by atoms with Crippen LogP contribution in [0.15, 0.2) is 35.0 Å². The lowest BCUT2D eigenvalue weighted by Gasteiger charge is -2.36. The van der Waals surface area contributed by atoms with Crippen molar-refractivity contribution in [2.75, 3.05) is 0 Å². The molecule has 1 amide bonds. The van der Waals surface area contributed by atoms with Gasteiger partial charge in [0, 0.05) is 16.6 Å². The number of halogens is 1. The number of allylic oxidation sites excluding steroid dienone is 2. The van der Waals surface area contributed by atoms with Gasteiger partial charge in [-0.15, -0.1) is 0 Å². The smallest absolute Gasteiger partial charge is 0.308 e. The Labute approximate surface area is 135 Å². The van der Waals surface area contributed by atoms with Gasteiger partial charge in [0.05, 0.1) is 11.6 Å². The van der Waals surface area contributed by atoms with Crippen LogP contribution in [0.5, 0.6) is 0 Å². The molecule has 114 valence electrons. The first-order valence-electron chi connectivity index (χ1n) is 7.27. The van der Waals surface area contributed by atoms with Crippen LogP contribution in [0.4, 0.5) is 0 Å². The summed E-state index contributed by atoms with van der Waals surface area (Å²) in [6.07, 6.45) is 7.45. The number of nitrogens with two attached hydrogens (primary N) is 1. The second-order valence-corrected chi connectivity index (χ2v) is 7.45. The van der Waals surface area contributed by atoms with Crippen LogP contribution in [-0.2, 0) is 15.0 Å². The molecule has 5 nitrogen and oxygen atoms in total. The van der Waals surface area contributed by atoms with Gasteiger partial charge in [-0.3, -0.25) is 14.6 Å². The molecule has 1 spiro atoms. The minimum atomic E-state index is -1.25. The van der Waals surface area contributed by atoms with E-state index in [4.69, 9.17) is 5.73 Å². The van der Waals surface area contributed by atoms with Crippen LogP contribution in [-0.4, -0.2) is 22.0 Å². The van der Waals surface area contributed by atoms with Crippen molar-refractivity contribution in [3.8, 4) is 0 Å². The number of carboxylic acids is 1. The van der Waals surface area contributed by atoms with E-state index in [0.29, 0.717) is 5.69 Å². The Morgan fingerprint density at radius 2 is 2.05 bits per heavy atom. The topological polar surface area (TPSA) is 93.3 Å². The summed E-state index contributed by atoms with van der Waals surface area (Å²) < 4.78 is 0.780. The van der Waals surface area contributed by atoms with Crippen molar-refractivity contribution in [3.05, 3.63) is 40.6 Å². The summed E-state index contributed by atoms with van der Waals surface area (Å²) in [6, 6.07) is 3.50. The Bertz CT molecular complexity index is 711. The van der Waals surface area contributed by atoms with Crippen LogP contribution in [0.2, 0.25) is 0 Å². The minimum Gasteiger partial charge on any atom is -0.481 e. The Kier molecular flexibility index (Phi) is 2.65. The molecule has 1 aromatic heterocycles. The second-order valence-electron chi connectivity index (χ2n) is 6.53. The maximum atomic E-state index is 12.5. The van der Waals surface area contributed by atoms with E-state index in [9.17, 15) is 14.7 Å². The number of aromatic nitrogens is 1. The maximum absolute atomic E-state index is 12.5. The minimum absolute atomic E-state index is 0.104. The lowest BCUT2D eigenvalue weighted by molar-refractivity contribution is -0.149. The maximum Gasteiger partial charge on any atom is 0.308 e. The van der Waals surface area contributed by atoms with Crippen LogP contribution in [0, 0.1) is 23.2 Å². The van der Waals surface area contributed by atoms with E-state index in [-0.39, 0.29) is 17.3 Å². The molecular formula is C16H15BrN2O3. The molecule has 4 rings (SSSR count).